The molecule has 0 aliphatic heterocycles. The van der Waals surface area contributed by atoms with Crippen molar-refractivity contribution >= 4 is 22.1 Å². The van der Waals surface area contributed by atoms with Crippen LogP contribution in [0.15, 0.2) is 18.2 Å². The van der Waals surface area contributed by atoms with E-state index in [4.69, 9.17) is 0 Å². The number of fused-ring (bicyclic) bond motifs is 2. The maximum absolute atomic E-state index is 4.56. The molecular weight excluding hydrogens is 174 g/mol. The molecule has 3 rings (SSSR count). The number of hydrogen-bond acceptors (Lipinski definition) is 1. The number of aryl methyl sites for hydroxylation is 2. The van der Waals surface area contributed by atoms with Crippen LogP contribution in [0.25, 0.3) is 22.1 Å². The van der Waals surface area contributed by atoms with Crippen molar-refractivity contribution in [2.24, 2.45) is 0 Å². The van der Waals surface area contributed by atoms with Crippen LogP contribution in [0, 0.1) is 13.8 Å². The molecule has 3 heteroatoms. The lowest BCUT2D eigenvalue weighted by Crippen LogP contribution is -1.75. The minimum absolute atomic E-state index is 1.04. The molecule has 3 aromatic rings. The van der Waals surface area contributed by atoms with Gasteiger partial charge in [-0.3, -0.25) is 0 Å². The van der Waals surface area contributed by atoms with Crippen LogP contribution in [0.5, 0.6) is 0 Å². The van der Waals surface area contributed by atoms with Gasteiger partial charge in [0.1, 0.15) is 0 Å². The Labute approximate surface area is 81.2 Å². The summed E-state index contributed by atoms with van der Waals surface area (Å²) in [5.41, 5.74) is 6.56. The summed E-state index contributed by atoms with van der Waals surface area (Å²) in [6, 6.07) is 6.24. The van der Waals surface area contributed by atoms with Crippen molar-refractivity contribution < 1.29 is 0 Å². The number of pyridine rings is 1. The normalized spacial score (nSPS) is 11.6. The van der Waals surface area contributed by atoms with Crippen LogP contribution in [0.3, 0.4) is 0 Å². The van der Waals surface area contributed by atoms with Crippen LogP contribution >= 0.6 is 0 Å². The van der Waals surface area contributed by atoms with Crippen LogP contribution in [0.2, 0.25) is 0 Å². The van der Waals surface area contributed by atoms with E-state index in [2.05, 4.69) is 33.2 Å². The Kier molecular flexibility index (Phi) is 1.29. The van der Waals surface area contributed by atoms with E-state index < -0.39 is 0 Å². The number of hydrogen-bond donors (Lipinski definition) is 2. The topological polar surface area (TPSA) is 44.5 Å². The van der Waals surface area contributed by atoms with Crippen molar-refractivity contribution in [3.05, 3.63) is 29.6 Å². The van der Waals surface area contributed by atoms with Gasteiger partial charge in [0.25, 0.3) is 0 Å². The molecule has 0 aliphatic carbocycles. The van der Waals surface area contributed by atoms with Gasteiger partial charge in [-0.1, -0.05) is 0 Å². The number of aromatic nitrogens is 3. The Balaban J connectivity index is 2.49. The first kappa shape index (κ1) is 7.62. The van der Waals surface area contributed by atoms with E-state index in [1.54, 1.807) is 0 Å². The molecule has 0 radical (unpaired) electrons. The third kappa shape index (κ3) is 0.954. The summed E-state index contributed by atoms with van der Waals surface area (Å²) in [4.78, 5) is 11.1. The number of nitrogens with zero attached hydrogens (tertiary/aromatic N) is 1. The Morgan fingerprint density at radius 2 is 1.36 bits per heavy atom. The van der Waals surface area contributed by atoms with E-state index in [0.29, 0.717) is 0 Å². The molecule has 0 unspecified atom stereocenters. The molecule has 0 fully saturated rings. The van der Waals surface area contributed by atoms with E-state index in [-0.39, 0.29) is 0 Å². The van der Waals surface area contributed by atoms with Gasteiger partial charge in [0.15, 0.2) is 0 Å². The molecule has 3 heterocycles. The number of H-pyrrole nitrogens is 2. The monoisotopic (exact) mass is 185 g/mol. The first-order valence-electron chi connectivity index (χ1n) is 4.68. The number of nitrogens with one attached hydrogen (secondary N) is 2. The Morgan fingerprint density at radius 1 is 0.857 bits per heavy atom. The second-order valence-electron chi connectivity index (χ2n) is 3.76. The van der Waals surface area contributed by atoms with Crippen molar-refractivity contribution in [2.75, 3.05) is 0 Å². The van der Waals surface area contributed by atoms with Crippen molar-refractivity contribution in [2.45, 2.75) is 13.8 Å². The smallest absolute Gasteiger partial charge is 0.0890 e. The summed E-state index contributed by atoms with van der Waals surface area (Å²) in [5, 5.41) is 0. The highest BCUT2D eigenvalue weighted by molar-refractivity contribution is 5.89. The lowest BCUT2D eigenvalue weighted by molar-refractivity contribution is 1.29. The van der Waals surface area contributed by atoms with E-state index in [1.165, 1.54) is 0 Å². The molecule has 0 spiro atoms. The molecular formula is C11H11N3. The van der Waals surface area contributed by atoms with E-state index in [0.717, 1.165) is 33.5 Å². The van der Waals surface area contributed by atoms with Crippen molar-refractivity contribution in [1.29, 1.82) is 0 Å². The molecule has 0 aliphatic rings. The third-order valence-electron chi connectivity index (χ3n) is 2.45. The van der Waals surface area contributed by atoms with Crippen molar-refractivity contribution in [3.63, 3.8) is 0 Å². The fourth-order valence-electron chi connectivity index (χ4n) is 1.87. The number of rotatable bonds is 0. The van der Waals surface area contributed by atoms with Gasteiger partial charge in [-0.15, -0.1) is 0 Å². The van der Waals surface area contributed by atoms with Gasteiger partial charge in [0.2, 0.25) is 0 Å². The number of aromatic amines is 2. The SMILES string of the molecule is Cc1cc2nc3cc(C)[nH]c3cc2[nH]1. The summed E-state index contributed by atoms with van der Waals surface area (Å²) >= 11 is 0. The Hall–Kier alpha value is -1.77. The first-order valence-corrected chi connectivity index (χ1v) is 4.68. The molecule has 3 aromatic heterocycles. The summed E-state index contributed by atoms with van der Waals surface area (Å²) < 4.78 is 0. The van der Waals surface area contributed by atoms with Gasteiger partial charge in [-0.05, 0) is 32.0 Å². The maximum Gasteiger partial charge on any atom is 0.0890 e. The summed E-state index contributed by atoms with van der Waals surface area (Å²) in [6.07, 6.45) is 0. The van der Waals surface area contributed by atoms with Gasteiger partial charge < -0.3 is 9.97 Å². The molecule has 0 amide bonds. The third-order valence-corrected chi connectivity index (χ3v) is 2.45. The van der Waals surface area contributed by atoms with E-state index in [1.807, 2.05) is 13.8 Å². The zero-order chi connectivity index (χ0) is 9.71. The molecule has 3 nitrogen and oxygen atoms in total. The average Bonchev–Trinajstić information content (AvgIpc) is 2.59. The quantitative estimate of drug-likeness (QED) is 0.555. The van der Waals surface area contributed by atoms with Gasteiger partial charge >= 0.3 is 0 Å². The Morgan fingerprint density at radius 3 is 1.86 bits per heavy atom. The predicted molar refractivity (Wildman–Crippen MR) is 57.4 cm³/mol. The molecule has 0 saturated carbocycles. The second kappa shape index (κ2) is 2.38. The largest absolute Gasteiger partial charge is 0.357 e. The van der Waals surface area contributed by atoms with Crippen LogP contribution in [0.1, 0.15) is 11.4 Å². The molecule has 14 heavy (non-hydrogen) atoms. The standard InChI is InChI=1S/C11H11N3/c1-6-3-8-10(12-6)5-11-9(14-8)4-7(2)13-11/h3-5,12-13H,1-2H3. The van der Waals surface area contributed by atoms with E-state index >= 15 is 0 Å². The minimum Gasteiger partial charge on any atom is -0.357 e. The molecule has 70 valence electrons. The van der Waals surface area contributed by atoms with Gasteiger partial charge in [-0.25, -0.2) is 4.98 Å². The average molecular weight is 185 g/mol. The summed E-state index contributed by atoms with van der Waals surface area (Å²) in [7, 11) is 0. The zero-order valence-corrected chi connectivity index (χ0v) is 8.18. The molecule has 0 bridgehead atoms. The summed E-state index contributed by atoms with van der Waals surface area (Å²) in [5.74, 6) is 0. The zero-order valence-electron chi connectivity index (χ0n) is 8.18. The van der Waals surface area contributed by atoms with Crippen LogP contribution < -0.4 is 0 Å². The highest BCUT2D eigenvalue weighted by atomic mass is 14.8. The van der Waals surface area contributed by atoms with Crippen LogP contribution in [-0.2, 0) is 0 Å². The highest BCUT2D eigenvalue weighted by Gasteiger charge is 2.03. The second-order valence-corrected chi connectivity index (χ2v) is 3.76. The predicted octanol–water partition coefficient (Wildman–Crippen LogP) is 2.66. The molecule has 0 atom stereocenters. The van der Waals surface area contributed by atoms with Crippen molar-refractivity contribution in [3.8, 4) is 0 Å². The fourth-order valence-corrected chi connectivity index (χ4v) is 1.87. The lowest BCUT2D eigenvalue weighted by atomic mass is 10.3. The van der Waals surface area contributed by atoms with Crippen LogP contribution in [-0.4, -0.2) is 15.0 Å². The molecule has 2 N–H and O–H groups in total. The minimum atomic E-state index is 1.04. The fraction of sp³-hybridized carbons (Fsp3) is 0.182. The molecule has 0 saturated heterocycles. The van der Waals surface area contributed by atoms with Gasteiger partial charge in [-0.2, -0.15) is 0 Å². The maximum atomic E-state index is 4.56. The van der Waals surface area contributed by atoms with Gasteiger partial charge in [0, 0.05) is 11.4 Å². The molecule has 0 aromatic carbocycles. The summed E-state index contributed by atoms with van der Waals surface area (Å²) in [6.45, 7) is 4.09. The lowest BCUT2D eigenvalue weighted by Gasteiger charge is -1.90. The van der Waals surface area contributed by atoms with E-state index in [9.17, 15) is 0 Å². The van der Waals surface area contributed by atoms with Crippen molar-refractivity contribution in [1.82, 2.24) is 15.0 Å². The first-order chi connectivity index (χ1) is 6.72. The van der Waals surface area contributed by atoms with Gasteiger partial charge in [0.05, 0.1) is 22.1 Å². The highest BCUT2D eigenvalue weighted by Crippen LogP contribution is 2.19. The Bertz CT molecular complexity index is 513. The van der Waals surface area contributed by atoms with Crippen LogP contribution in [0.4, 0.5) is 0 Å².